The topological polar surface area (TPSA) is 69.2 Å². The Morgan fingerprint density at radius 3 is 2.53 bits per heavy atom. The molecule has 82 valence electrons. The van der Waals surface area contributed by atoms with Gasteiger partial charge in [0.25, 0.3) is 5.69 Å². The number of aryl methyl sites for hydroxylation is 1. The first kappa shape index (κ1) is 11.7. The number of non-ortho nitro benzene ring substituents is 1. The normalized spacial score (nSPS) is 12.5. The second-order valence-electron chi connectivity index (χ2n) is 3.75. The van der Waals surface area contributed by atoms with E-state index in [1.807, 2.05) is 20.8 Å². The molecule has 0 aliphatic heterocycles. The largest absolute Gasteiger partial charge is 0.324 e. The molecule has 0 aliphatic rings. The molecule has 0 bridgehead atoms. The Bertz CT molecular complexity index is 388. The number of rotatable bonds is 3. The van der Waals surface area contributed by atoms with Crippen molar-refractivity contribution in [2.75, 3.05) is 0 Å². The van der Waals surface area contributed by atoms with E-state index in [1.54, 1.807) is 12.1 Å². The van der Waals surface area contributed by atoms with Crippen LogP contribution in [0, 0.1) is 24.0 Å². The van der Waals surface area contributed by atoms with Gasteiger partial charge < -0.3 is 5.73 Å². The predicted molar refractivity (Wildman–Crippen MR) is 59.8 cm³/mol. The highest BCUT2D eigenvalue weighted by atomic mass is 16.6. The first-order valence-electron chi connectivity index (χ1n) is 4.98. The highest BCUT2D eigenvalue weighted by Crippen LogP contribution is 2.26. The zero-order chi connectivity index (χ0) is 11.6. The average molecular weight is 208 g/mol. The molecule has 4 nitrogen and oxygen atoms in total. The molecule has 0 aromatic heterocycles. The van der Waals surface area contributed by atoms with E-state index in [0.717, 1.165) is 23.1 Å². The van der Waals surface area contributed by atoms with Gasteiger partial charge in [-0.3, -0.25) is 10.1 Å². The minimum absolute atomic E-state index is 0.122. The Labute approximate surface area is 89.2 Å². The maximum Gasteiger partial charge on any atom is 0.270 e. The monoisotopic (exact) mass is 208 g/mol. The van der Waals surface area contributed by atoms with Crippen molar-refractivity contribution in [2.45, 2.75) is 33.2 Å². The van der Waals surface area contributed by atoms with Gasteiger partial charge in [-0.1, -0.05) is 6.92 Å². The molecule has 0 aliphatic carbocycles. The molecular weight excluding hydrogens is 192 g/mol. The maximum atomic E-state index is 10.7. The minimum Gasteiger partial charge on any atom is -0.324 e. The molecule has 0 amide bonds. The van der Waals surface area contributed by atoms with Gasteiger partial charge >= 0.3 is 0 Å². The van der Waals surface area contributed by atoms with Crippen LogP contribution in [-0.2, 0) is 0 Å². The van der Waals surface area contributed by atoms with Gasteiger partial charge in [0.1, 0.15) is 0 Å². The van der Waals surface area contributed by atoms with Gasteiger partial charge in [0.05, 0.1) is 4.92 Å². The summed E-state index contributed by atoms with van der Waals surface area (Å²) >= 11 is 0. The first-order chi connectivity index (χ1) is 6.97. The van der Waals surface area contributed by atoms with Crippen LogP contribution in [0.15, 0.2) is 12.1 Å². The van der Waals surface area contributed by atoms with Crippen molar-refractivity contribution in [1.82, 2.24) is 0 Å². The standard InChI is InChI=1S/C11H16N2O2/c1-4-11(12)10-6-9(13(14)15)5-7(2)8(10)3/h5-6,11H,4,12H2,1-3H3. The van der Waals surface area contributed by atoms with Crippen molar-refractivity contribution >= 4 is 5.69 Å². The van der Waals surface area contributed by atoms with E-state index < -0.39 is 0 Å². The second-order valence-corrected chi connectivity index (χ2v) is 3.75. The molecule has 0 saturated heterocycles. The fraction of sp³-hybridized carbons (Fsp3) is 0.455. The number of benzene rings is 1. The van der Waals surface area contributed by atoms with Gasteiger partial charge in [0.2, 0.25) is 0 Å². The molecule has 2 N–H and O–H groups in total. The average Bonchev–Trinajstić information content (AvgIpc) is 2.20. The van der Waals surface area contributed by atoms with Crippen molar-refractivity contribution in [3.8, 4) is 0 Å². The summed E-state index contributed by atoms with van der Waals surface area (Å²) < 4.78 is 0. The van der Waals surface area contributed by atoms with E-state index in [4.69, 9.17) is 5.73 Å². The summed E-state index contributed by atoms with van der Waals surface area (Å²) in [6.07, 6.45) is 0.779. The summed E-state index contributed by atoms with van der Waals surface area (Å²) in [7, 11) is 0. The second kappa shape index (κ2) is 4.40. The summed E-state index contributed by atoms with van der Waals surface area (Å²) in [5, 5.41) is 10.7. The minimum atomic E-state index is -0.377. The van der Waals surface area contributed by atoms with Gasteiger partial charge in [-0.25, -0.2) is 0 Å². The van der Waals surface area contributed by atoms with Gasteiger partial charge in [-0.15, -0.1) is 0 Å². The molecule has 1 unspecified atom stereocenters. The highest BCUT2D eigenvalue weighted by Gasteiger charge is 2.15. The number of nitrogens with two attached hydrogens (primary N) is 1. The quantitative estimate of drug-likeness (QED) is 0.613. The summed E-state index contributed by atoms with van der Waals surface area (Å²) in [5.74, 6) is 0. The van der Waals surface area contributed by atoms with E-state index in [9.17, 15) is 10.1 Å². The van der Waals surface area contributed by atoms with Crippen LogP contribution in [-0.4, -0.2) is 4.92 Å². The van der Waals surface area contributed by atoms with Crippen LogP contribution in [0.3, 0.4) is 0 Å². The number of nitro benzene ring substituents is 1. The molecule has 1 aromatic rings. The molecule has 1 aromatic carbocycles. The zero-order valence-electron chi connectivity index (χ0n) is 9.28. The van der Waals surface area contributed by atoms with Crippen molar-refractivity contribution in [3.05, 3.63) is 38.9 Å². The molecule has 0 spiro atoms. The molecule has 0 saturated carbocycles. The van der Waals surface area contributed by atoms with Gasteiger partial charge in [-0.2, -0.15) is 0 Å². The Balaban J connectivity index is 3.31. The predicted octanol–water partition coefficient (Wildman–Crippen LogP) is 2.62. The summed E-state index contributed by atoms with van der Waals surface area (Å²) in [5.41, 5.74) is 8.88. The van der Waals surface area contributed by atoms with Crippen LogP contribution in [0.1, 0.15) is 36.1 Å². The van der Waals surface area contributed by atoms with E-state index >= 15 is 0 Å². The van der Waals surface area contributed by atoms with E-state index in [-0.39, 0.29) is 16.7 Å². The van der Waals surface area contributed by atoms with Crippen molar-refractivity contribution in [1.29, 1.82) is 0 Å². The number of hydrogen-bond acceptors (Lipinski definition) is 3. The van der Waals surface area contributed by atoms with Crippen molar-refractivity contribution < 1.29 is 4.92 Å². The summed E-state index contributed by atoms with van der Waals surface area (Å²) in [6.45, 7) is 5.79. The summed E-state index contributed by atoms with van der Waals surface area (Å²) in [4.78, 5) is 10.3. The van der Waals surface area contributed by atoms with Crippen LogP contribution in [0.2, 0.25) is 0 Å². The van der Waals surface area contributed by atoms with Gasteiger partial charge in [0.15, 0.2) is 0 Å². The Hall–Kier alpha value is -1.42. The van der Waals surface area contributed by atoms with Gasteiger partial charge in [0, 0.05) is 18.2 Å². The molecule has 0 fully saturated rings. The summed E-state index contributed by atoms with van der Waals surface area (Å²) in [6, 6.07) is 3.04. The molecule has 1 rings (SSSR count). The van der Waals surface area contributed by atoms with Crippen LogP contribution < -0.4 is 5.73 Å². The molecule has 0 radical (unpaired) electrons. The number of hydrogen-bond donors (Lipinski definition) is 1. The third kappa shape index (κ3) is 2.33. The fourth-order valence-electron chi connectivity index (χ4n) is 1.58. The molecule has 15 heavy (non-hydrogen) atoms. The lowest BCUT2D eigenvalue weighted by Crippen LogP contribution is -2.11. The van der Waals surface area contributed by atoms with Crippen LogP contribution in [0.4, 0.5) is 5.69 Å². The smallest absolute Gasteiger partial charge is 0.270 e. The zero-order valence-corrected chi connectivity index (χ0v) is 9.28. The molecule has 0 heterocycles. The van der Waals surface area contributed by atoms with Crippen LogP contribution >= 0.6 is 0 Å². The van der Waals surface area contributed by atoms with E-state index in [0.29, 0.717) is 0 Å². The van der Waals surface area contributed by atoms with E-state index in [2.05, 4.69) is 0 Å². The fourth-order valence-corrected chi connectivity index (χ4v) is 1.58. The van der Waals surface area contributed by atoms with Crippen molar-refractivity contribution in [2.24, 2.45) is 5.73 Å². The third-order valence-electron chi connectivity index (χ3n) is 2.74. The maximum absolute atomic E-state index is 10.7. The molecule has 1 atom stereocenters. The highest BCUT2D eigenvalue weighted by molar-refractivity contribution is 5.45. The van der Waals surface area contributed by atoms with Crippen molar-refractivity contribution in [3.63, 3.8) is 0 Å². The Morgan fingerprint density at radius 2 is 2.07 bits per heavy atom. The third-order valence-corrected chi connectivity index (χ3v) is 2.74. The lowest BCUT2D eigenvalue weighted by Gasteiger charge is -2.14. The SMILES string of the molecule is CCC(N)c1cc([N+](=O)[O-])cc(C)c1C. The van der Waals surface area contributed by atoms with Crippen LogP contribution in [0.25, 0.3) is 0 Å². The Kier molecular flexibility index (Phi) is 3.42. The lowest BCUT2D eigenvalue weighted by atomic mass is 9.96. The Morgan fingerprint density at radius 1 is 1.47 bits per heavy atom. The number of nitrogens with zero attached hydrogens (tertiary/aromatic N) is 1. The molecular formula is C11H16N2O2. The molecule has 4 heteroatoms. The lowest BCUT2D eigenvalue weighted by molar-refractivity contribution is -0.385. The van der Waals surface area contributed by atoms with Crippen LogP contribution in [0.5, 0.6) is 0 Å². The van der Waals surface area contributed by atoms with Gasteiger partial charge in [-0.05, 0) is 37.0 Å². The first-order valence-corrected chi connectivity index (χ1v) is 4.98. The van der Waals surface area contributed by atoms with E-state index in [1.165, 1.54) is 0 Å². The number of nitro groups is 1.